The molecule has 0 amide bonds. The molecule has 88 valence electrons. The molecule has 0 aliphatic rings. The minimum atomic E-state index is -0.141. The van der Waals surface area contributed by atoms with Crippen molar-refractivity contribution in [3.8, 4) is 0 Å². The van der Waals surface area contributed by atoms with Crippen molar-refractivity contribution in [2.24, 2.45) is 5.84 Å². The van der Waals surface area contributed by atoms with Crippen molar-refractivity contribution >= 4 is 5.82 Å². The molecule has 2 heterocycles. The minimum absolute atomic E-state index is 0.141. The number of nitrogens with one attached hydrogen (secondary N) is 1. The van der Waals surface area contributed by atoms with Gasteiger partial charge in [-0.15, -0.1) is 0 Å². The standard InChI is InChI=1S/C11H13N5O/c1-8-5-11(17)16(13-6-8)7-9-3-2-4-10(14-9)15-12/h2-6H,7,12H2,1H3,(H,14,15). The van der Waals surface area contributed by atoms with Crippen LogP contribution >= 0.6 is 0 Å². The molecule has 0 radical (unpaired) electrons. The minimum Gasteiger partial charge on any atom is -0.308 e. The molecule has 17 heavy (non-hydrogen) atoms. The Labute approximate surface area is 98.1 Å². The number of hydrazine groups is 1. The monoisotopic (exact) mass is 231 g/mol. The molecule has 0 bridgehead atoms. The van der Waals surface area contributed by atoms with E-state index in [1.165, 1.54) is 10.7 Å². The van der Waals surface area contributed by atoms with E-state index in [1.807, 2.05) is 19.1 Å². The number of nitrogens with two attached hydrogens (primary N) is 1. The van der Waals surface area contributed by atoms with E-state index >= 15 is 0 Å². The van der Waals surface area contributed by atoms with Crippen molar-refractivity contribution in [3.05, 3.63) is 52.1 Å². The second-order valence-corrected chi connectivity index (χ2v) is 3.69. The molecule has 0 atom stereocenters. The first-order valence-electron chi connectivity index (χ1n) is 5.15. The van der Waals surface area contributed by atoms with Crippen LogP contribution in [0.5, 0.6) is 0 Å². The highest BCUT2D eigenvalue weighted by molar-refractivity contribution is 5.33. The fourth-order valence-electron chi connectivity index (χ4n) is 1.44. The second kappa shape index (κ2) is 4.75. The molecule has 2 rings (SSSR count). The van der Waals surface area contributed by atoms with Crippen molar-refractivity contribution in [2.45, 2.75) is 13.5 Å². The first-order valence-corrected chi connectivity index (χ1v) is 5.15. The van der Waals surface area contributed by atoms with Gasteiger partial charge in [-0.25, -0.2) is 15.5 Å². The summed E-state index contributed by atoms with van der Waals surface area (Å²) in [6, 6.07) is 6.92. The van der Waals surface area contributed by atoms with Gasteiger partial charge < -0.3 is 5.43 Å². The molecule has 2 aromatic rings. The van der Waals surface area contributed by atoms with Crippen LogP contribution in [0.15, 0.2) is 35.3 Å². The van der Waals surface area contributed by atoms with E-state index in [9.17, 15) is 4.79 Å². The Morgan fingerprint density at radius 2 is 2.29 bits per heavy atom. The summed E-state index contributed by atoms with van der Waals surface area (Å²) < 4.78 is 1.36. The van der Waals surface area contributed by atoms with Crippen LogP contribution in [0.1, 0.15) is 11.3 Å². The van der Waals surface area contributed by atoms with Crippen LogP contribution in [-0.4, -0.2) is 14.8 Å². The van der Waals surface area contributed by atoms with Crippen molar-refractivity contribution in [1.29, 1.82) is 0 Å². The van der Waals surface area contributed by atoms with E-state index in [1.54, 1.807) is 12.3 Å². The Bertz CT molecular complexity index is 578. The lowest BCUT2D eigenvalue weighted by Crippen LogP contribution is -2.23. The number of nitrogens with zero attached hydrogens (tertiary/aromatic N) is 3. The molecule has 0 unspecified atom stereocenters. The third kappa shape index (κ3) is 2.67. The van der Waals surface area contributed by atoms with Gasteiger partial charge in [-0.2, -0.15) is 5.10 Å². The molecule has 0 aliphatic heterocycles. The number of hydrogen-bond donors (Lipinski definition) is 2. The number of hydrogen-bond acceptors (Lipinski definition) is 5. The van der Waals surface area contributed by atoms with E-state index in [0.29, 0.717) is 12.4 Å². The third-order valence-electron chi connectivity index (χ3n) is 2.27. The summed E-state index contributed by atoms with van der Waals surface area (Å²) in [5.74, 6) is 5.82. The molecule has 6 nitrogen and oxygen atoms in total. The Kier molecular flexibility index (Phi) is 3.15. The predicted octanol–water partition coefficient (Wildman–Crippen LogP) is 0.281. The van der Waals surface area contributed by atoms with E-state index in [0.717, 1.165) is 11.3 Å². The first kappa shape index (κ1) is 11.3. The molecule has 0 spiro atoms. The number of aryl methyl sites for hydroxylation is 1. The van der Waals surface area contributed by atoms with E-state index in [4.69, 9.17) is 5.84 Å². The summed E-state index contributed by atoms with van der Waals surface area (Å²) >= 11 is 0. The molecule has 0 aromatic carbocycles. The van der Waals surface area contributed by atoms with Crippen LogP contribution in [0.25, 0.3) is 0 Å². The number of nitrogen functional groups attached to an aromatic ring is 1. The number of aromatic nitrogens is 3. The van der Waals surface area contributed by atoms with Gasteiger partial charge in [0.2, 0.25) is 0 Å². The lowest BCUT2D eigenvalue weighted by Gasteiger charge is -2.05. The molecule has 0 aliphatic carbocycles. The summed E-state index contributed by atoms with van der Waals surface area (Å²) in [5, 5.41) is 4.04. The Hall–Kier alpha value is -2.21. The number of anilines is 1. The van der Waals surface area contributed by atoms with Crippen molar-refractivity contribution in [3.63, 3.8) is 0 Å². The maximum absolute atomic E-state index is 11.6. The highest BCUT2D eigenvalue weighted by Crippen LogP contribution is 2.03. The highest BCUT2D eigenvalue weighted by atomic mass is 16.1. The molecule has 0 saturated carbocycles. The lowest BCUT2D eigenvalue weighted by molar-refractivity contribution is 0.625. The van der Waals surface area contributed by atoms with Gasteiger partial charge in [0.25, 0.3) is 5.56 Å². The first-order chi connectivity index (χ1) is 8.19. The van der Waals surface area contributed by atoms with Crippen molar-refractivity contribution in [2.75, 3.05) is 5.43 Å². The van der Waals surface area contributed by atoms with Crippen LogP contribution in [0, 0.1) is 6.92 Å². The van der Waals surface area contributed by atoms with Gasteiger partial charge in [-0.1, -0.05) is 6.07 Å². The Morgan fingerprint density at radius 3 is 3.00 bits per heavy atom. The molecule has 2 aromatic heterocycles. The SMILES string of the molecule is Cc1cnn(Cc2cccc(NN)n2)c(=O)c1. The van der Waals surface area contributed by atoms with Gasteiger partial charge in [0, 0.05) is 6.07 Å². The number of rotatable bonds is 3. The van der Waals surface area contributed by atoms with E-state index in [-0.39, 0.29) is 5.56 Å². The summed E-state index contributed by atoms with van der Waals surface area (Å²) in [7, 11) is 0. The topological polar surface area (TPSA) is 85.8 Å². The van der Waals surface area contributed by atoms with Crippen LogP contribution < -0.4 is 16.8 Å². The maximum Gasteiger partial charge on any atom is 0.267 e. The zero-order chi connectivity index (χ0) is 12.3. The largest absolute Gasteiger partial charge is 0.308 e. The molecular weight excluding hydrogens is 218 g/mol. The van der Waals surface area contributed by atoms with Gasteiger partial charge >= 0.3 is 0 Å². The van der Waals surface area contributed by atoms with Crippen LogP contribution in [0.4, 0.5) is 5.82 Å². The zero-order valence-electron chi connectivity index (χ0n) is 9.42. The molecular formula is C11H13N5O. The summed E-state index contributed by atoms with van der Waals surface area (Å²) in [4.78, 5) is 15.8. The van der Waals surface area contributed by atoms with Crippen LogP contribution in [0.3, 0.4) is 0 Å². The smallest absolute Gasteiger partial charge is 0.267 e. The zero-order valence-corrected chi connectivity index (χ0v) is 9.42. The van der Waals surface area contributed by atoms with Gasteiger partial charge in [-0.05, 0) is 24.6 Å². The summed E-state index contributed by atoms with van der Waals surface area (Å²) in [5.41, 5.74) is 3.88. The van der Waals surface area contributed by atoms with Gasteiger partial charge in [0.15, 0.2) is 0 Å². The van der Waals surface area contributed by atoms with Gasteiger partial charge in [0.05, 0.1) is 18.4 Å². The summed E-state index contributed by atoms with van der Waals surface area (Å²) in [6.07, 6.45) is 1.65. The summed E-state index contributed by atoms with van der Waals surface area (Å²) in [6.45, 7) is 2.16. The fourth-order valence-corrected chi connectivity index (χ4v) is 1.44. The average molecular weight is 231 g/mol. The Morgan fingerprint density at radius 1 is 1.47 bits per heavy atom. The normalized spacial score (nSPS) is 10.2. The molecule has 0 fully saturated rings. The molecule has 0 saturated heterocycles. The maximum atomic E-state index is 11.6. The van der Waals surface area contributed by atoms with Gasteiger partial charge in [-0.3, -0.25) is 4.79 Å². The van der Waals surface area contributed by atoms with E-state index in [2.05, 4.69) is 15.5 Å². The average Bonchev–Trinajstić information content (AvgIpc) is 2.33. The van der Waals surface area contributed by atoms with E-state index < -0.39 is 0 Å². The highest BCUT2D eigenvalue weighted by Gasteiger charge is 2.01. The van der Waals surface area contributed by atoms with Crippen molar-refractivity contribution in [1.82, 2.24) is 14.8 Å². The quantitative estimate of drug-likeness (QED) is 0.585. The van der Waals surface area contributed by atoms with Gasteiger partial charge in [0.1, 0.15) is 5.82 Å². The predicted molar refractivity (Wildman–Crippen MR) is 64.4 cm³/mol. The lowest BCUT2D eigenvalue weighted by atomic mass is 10.3. The second-order valence-electron chi connectivity index (χ2n) is 3.69. The Balaban J connectivity index is 2.28. The molecule has 6 heteroatoms. The van der Waals surface area contributed by atoms with Crippen LogP contribution in [-0.2, 0) is 6.54 Å². The number of pyridine rings is 1. The van der Waals surface area contributed by atoms with Crippen molar-refractivity contribution < 1.29 is 0 Å². The fraction of sp³-hybridized carbons (Fsp3) is 0.182. The molecule has 3 N–H and O–H groups in total. The van der Waals surface area contributed by atoms with Crippen LogP contribution in [0.2, 0.25) is 0 Å². The third-order valence-corrected chi connectivity index (χ3v) is 2.27.